The van der Waals surface area contributed by atoms with Gasteiger partial charge in [0.05, 0.1) is 0 Å². The first kappa shape index (κ1) is 15.8. The Bertz CT molecular complexity index is 552. The molecule has 0 N–H and O–H groups in total. The maximum atomic E-state index is 13.9. The maximum absolute atomic E-state index is 13.9. The van der Waals surface area contributed by atoms with E-state index in [1.54, 1.807) is 6.92 Å². The Balaban J connectivity index is 1.66. The Morgan fingerprint density at radius 1 is 1.13 bits per heavy atom. The van der Waals surface area contributed by atoms with Crippen LogP contribution in [0.1, 0.15) is 72.1 Å². The lowest BCUT2D eigenvalue weighted by Crippen LogP contribution is -2.50. The average molecular weight is 318 g/mol. The van der Waals surface area contributed by atoms with Gasteiger partial charge in [-0.1, -0.05) is 25.5 Å². The number of carbonyl (C=O) groups is 1. The summed E-state index contributed by atoms with van der Waals surface area (Å²) in [6.07, 6.45) is 10.1. The van der Waals surface area contributed by atoms with Crippen molar-refractivity contribution in [2.75, 3.05) is 0 Å². The van der Waals surface area contributed by atoms with E-state index in [0.29, 0.717) is 18.1 Å². The summed E-state index contributed by atoms with van der Waals surface area (Å²) in [6.45, 7) is 6.61. The van der Waals surface area contributed by atoms with Crippen molar-refractivity contribution >= 4 is 5.78 Å². The normalized spacial score (nSPS) is 52.2. The van der Waals surface area contributed by atoms with Crippen molar-refractivity contribution in [3.05, 3.63) is 11.6 Å². The molecule has 4 aliphatic rings. The third kappa shape index (κ3) is 2.12. The van der Waals surface area contributed by atoms with Gasteiger partial charge in [0, 0.05) is 12.3 Å². The van der Waals surface area contributed by atoms with Crippen molar-refractivity contribution in [3.63, 3.8) is 0 Å². The van der Waals surface area contributed by atoms with Crippen LogP contribution in [0.15, 0.2) is 11.6 Å². The third-order valence-electron chi connectivity index (χ3n) is 8.53. The smallest absolute Gasteiger partial charge is 0.133 e. The number of hydrogen-bond donors (Lipinski definition) is 0. The summed E-state index contributed by atoms with van der Waals surface area (Å²) in [5, 5.41) is 0. The second kappa shape index (κ2) is 5.17. The van der Waals surface area contributed by atoms with E-state index in [9.17, 15) is 9.18 Å². The molecule has 0 aromatic rings. The first-order valence-electron chi connectivity index (χ1n) is 9.70. The van der Waals surface area contributed by atoms with E-state index in [4.69, 9.17) is 0 Å². The Hall–Kier alpha value is -0.660. The SMILES string of the molecule is CC(=O)[C@@H]1CC[C@@H]2[C@H]3CC=C4C[C@@H](F)CC[C@]4(C)[C@@H]3CC[C@@]21C. The van der Waals surface area contributed by atoms with E-state index < -0.39 is 6.17 Å². The zero-order valence-electron chi connectivity index (χ0n) is 14.9. The summed E-state index contributed by atoms with van der Waals surface area (Å²) < 4.78 is 13.9. The predicted molar refractivity (Wildman–Crippen MR) is 90.8 cm³/mol. The van der Waals surface area contributed by atoms with Gasteiger partial charge in [0.1, 0.15) is 12.0 Å². The van der Waals surface area contributed by atoms with Crippen LogP contribution in [0.5, 0.6) is 0 Å². The van der Waals surface area contributed by atoms with Crippen molar-refractivity contribution in [2.24, 2.45) is 34.5 Å². The Kier molecular flexibility index (Phi) is 3.56. The van der Waals surface area contributed by atoms with Crippen LogP contribution in [-0.2, 0) is 4.79 Å². The van der Waals surface area contributed by atoms with Crippen LogP contribution in [0.3, 0.4) is 0 Å². The highest BCUT2D eigenvalue weighted by Gasteiger charge is 2.59. The number of halogens is 1. The minimum Gasteiger partial charge on any atom is -0.300 e. The molecule has 0 radical (unpaired) electrons. The lowest BCUT2D eigenvalue weighted by atomic mass is 9.47. The monoisotopic (exact) mass is 318 g/mol. The van der Waals surface area contributed by atoms with E-state index in [2.05, 4.69) is 19.9 Å². The fourth-order valence-electron chi connectivity index (χ4n) is 7.28. The lowest BCUT2D eigenvalue weighted by molar-refractivity contribution is -0.127. The van der Waals surface area contributed by atoms with Gasteiger partial charge < -0.3 is 0 Å². The van der Waals surface area contributed by atoms with E-state index >= 15 is 0 Å². The van der Waals surface area contributed by atoms with Crippen LogP contribution in [0.4, 0.5) is 4.39 Å². The fourth-order valence-corrected chi connectivity index (χ4v) is 7.28. The summed E-state index contributed by atoms with van der Waals surface area (Å²) in [7, 11) is 0. The third-order valence-corrected chi connectivity index (χ3v) is 8.53. The number of allylic oxidation sites excluding steroid dienone is 2. The number of carbonyl (C=O) groups excluding carboxylic acids is 1. The predicted octanol–water partition coefficient (Wildman–Crippen LogP) is 5.49. The standard InChI is InChI=1S/C21H31FO/c1-13(23)17-6-7-18-16-5-4-14-12-15(22)8-10-20(14,2)19(16)9-11-21(17,18)3/h4,15-19H,5-12H2,1-3H3/t15-,16+,17-,18+,19+,20-,21+/m0/s1. The van der Waals surface area contributed by atoms with Gasteiger partial charge in [-0.15, -0.1) is 0 Å². The molecule has 0 aromatic carbocycles. The summed E-state index contributed by atoms with van der Waals surface area (Å²) in [6, 6.07) is 0. The van der Waals surface area contributed by atoms with Gasteiger partial charge >= 0.3 is 0 Å². The number of rotatable bonds is 1. The highest BCUT2D eigenvalue weighted by atomic mass is 19.1. The molecule has 0 spiro atoms. The van der Waals surface area contributed by atoms with Crippen LogP contribution < -0.4 is 0 Å². The fraction of sp³-hybridized carbons (Fsp3) is 0.857. The molecule has 4 rings (SSSR count). The summed E-state index contributed by atoms with van der Waals surface area (Å²) >= 11 is 0. The van der Waals surface area contributed by atoms with Gasteiger partial charge in [0.25, 0.3) is 0 Å². The zero-order chi connectivity index (χ0) is 16.4. The molecule has 0 aromatic heterocycles. The van der Waals surface area contributed by atoms with Crippen LogP contribution in [0, 0.1) is 34.5 Å². The molecule has 0 aliphatic heterocycles. The molecule has 0 heterocycles. The highest BCUT2D eigenvalue weighted by molar-refractivity contribution is 5.79. The van der Waals surface area contributed by atoms with Gasteiger partial charge in [-0.3, -0.25) is 4.79 Å². The quantitative estimate of drug-likeness (QED) is 0.584. The minimum atomic E-state index is -0.617. The first-order valence-corrected chi connectivity index (χ1v) is 9.70. The molecule has 7 atom stereocenters. The van der Waals surface area contributed by atoms with Crippen molar-refractivity contribution in [2.45, 2.75) is 78.3 Å². The van der Waals surface area contributed by atoms with Crippen molar-refractivity contribution in [1.82, 2.24) is 0 Å². The second-order valence-electron chi connectivity index (χ2n) is 9.38. The molecule has 23 heavy (non-hydrogen) atoms. The number of Topliss-reactive ketones (excluding diaryl/α,β-unsaturated/α-hetero) is 1. The zero-order valence-corrected chi connectivity index (χ0v) is 14.9. The van der Waals surface area contributed by atoms with Crippen molar-refractivity contribution in [3.8, 4) is 0 Å². The second-order valence-corrected chi connectivity index (χ2v) is 9.38. The molecule has 4 aliphatic carbocycles. The first-order chi connectivity index (χ1) is 10.9. The number of alkyl halides is 1. The molecule has 128 valence electrons. The van der Waals surface area contributed by atoms with Gasteiger partial charge in [-0.05, 0) is 80.5 Å². The van der Waals surface area contributed by atoms with Crippen LogP contribution in [0.2, 0.25) is 0 Å². The molecule has 0 unspecified atom stereocenters. The Labute approximate surface area is 140 Å². The van der Waals surface area contributed by atoms with E-state index in [1.807, 2.05) is 0 Å². The maximum Gasteiger partial charge on any atom is 0.133 e. The largest absolute Gasteiger partial charge is 0.300 e. The van der Waals surface area contributed by atoms with Gasteiger partial charge in [-0.25, -0.2) is 4.39 Å². The average Bonchev–Trinajstić information content (AvgIpc) is 2.85. The molecule has 0 bridgehead atoms. The molecule has 3 fully saturated rings. The number of hydrogen-bond acceptors (Lipinski definition) is 1. The van der Waals surface area contributed by atoms with Crippen molar-refractivity contribution in [1.29, 1.82) is 0 Å². The summed E-state index contributed by atoms with van der Waals surface area (Å²) in [5.41, 5.74) is 1.88. The van der Waals surface area contributed by atoms with Gasteiger partial charge in [0.2, 0.25) is 0 Å². The summed E-state index contributed by atoms with van der Waals surface area (Å²) in [4.78, 5) is 12.1. The minimum absolute atomic E-state index is 0.228. The topological polar surface area (TPSA) is 17.1 Å². The van der Waals surface area contributed by atoms with Gasteiger partial charge in [0.15, 0.2) is 0 Å². The van der Waals surface area contributed by atoms with E-state index in [1.165, 1.54) is 24.8 Å². The van der Waals surface area contributed by atoms with Crippen molar-refractivity contribution < 1.29 is 9.18 Å². The Morgan fingerprint density at radius 3 is 2.65 bits per heavy atom. The van der Waals surface area contributed by atoms with Gasteiger partial charge in [-0.2, -0.15) is 0 Å². The molecular formula is C21H31FO. The van der Waals surface area contributed by atoms with E-state index in [-0.39, 0.29) is 16.7 Å². The van der Waals surface area contributed by atoms with E-state index in [0.717, 1.165) is 37.5 Å². The number of fused-ring (bicyclic) bond motifs is 5. The molecule has 0 saturated heterocycles. The highest BCUT2D eigenvalue weighted by Crippen LogP contribution is 2.66. The van der Waals surface area contributed by atoms with Crippen LogP contribution >= 0.6 is 0 Å². The molecular weight excluding hydrogens is 287 g/mol. The Morgan fingerprint density at radius 2 is 1.91 bits per heavy atom. The molecule has 1 nitrogen and oxygen atoms in total. The summed E-state index contributed by atoms with van der Waals surface area (Å²) in [5.74, 6) is 2.84. The molecule has 2 heteroatoms. The molecule has 0 amide bonds. The molecule has 3 saturated carbocycles. The van der Waals surface area contributed by atoms with Crippen LogP contribution in [-0.4, -0.2) is 12.0 Å². The number of ketones is 1. The lowest BCUT2D eigenvalue weighted by Gasteiger charge is -2.57. The van der Waals surface area contributed by atoms with Crippen LogP contribution in [0.25, 0.3) is 0 Å².